The Morgan fingerprint density at radius 2 is 1.69 bits per heavy atom. The van der Waals surface area contributed by atoms with Crippen LogP contribution < -0.4 is 21.7 Å². The van der Waals surface area contributed by atoms with Crippen molar-refractivity contribution >= 4 is 59.0 Å². The summed E-state index contributed by atoms with van der Waals surface area (Å²) in [5, 5.41) is 26.9. The highest BCUT2D eigenvalue weighted by Gasteiger charge is 2.30. The average Bonchev–Trinajstić information content (AvgIpc) is 3.26. The molecular formula is C22H31N5O6S2. The van der Waals surface area contributed by atoms with Gasteiger partial charge in [0.2, 0.25) is 17.7 Å². The largest absolute Gasteiger partial charge is 0.480 e. The number of carboxylic acids is 1. The molecule has 1 heterocycles. The number of aliphatic hydroxyl groups excluding tert-OH is 1. The number of nitrogens with one attached hydrogen (secondary N) is 4. The molecule has 1 aromatic heterocycles. The maximum absolute atomic E-state index is 13.1. The number of amides is 3. The summed E-state index contributed by atoms with van der Waals surface area (Å²) in [6.07, 6.45) is 3.83. The monoisotopic (exact) mass is 525 g/mol. The highest BCUT2D eigenvalue weighted by Crippen LogP contribution is 2.19. The molecular weight excluding hydrogens is 494 g/mol. The Bertz CT molecular complexity index is 1030. The number of aromatic amines is 1. The fourth-order valence-electron chi connectivity index (χ4n) is 3.32. The van der Waals surface area contributed by atoms with Crippen molar-refractivity contribution in [2.75, 3.05) is 24.4 Å². The lowest BCUT2D eigenvalue weighted by Crippen LogP contribution is -2.58. The molecule has 11 nitrogen and oxygen atoms in total. The number of hydrogen-bond acceptors (Lipinski definition) is 8. The fourth-order valence-corrected chi connectivity index (χ4v) is 4.05. The quantitative estimate of drug-likeness (QED) is 0.148. The summed E-state index contributed by atoms with van der Waals surface area (Å²) in [5.74, 6) is -2.87. The summed E-state index contributed by atoms with van der Waals surface area (Å²) in [6.45, 7) is -0.610. The number of H-pyrrole nitrogens is 1. The first-order valence-corrected chi connectivity index (χ1v) is 12.9. The number of thiol groups is 1. The number of nitrogens with two attached hydrogens (primary N) is 1. The summed E-state index contributed by atoms with van der Waals surface area (Å²) in [5.41, 5.74) is 7.18. The second kappa shape index (κ2) is 14.0. The predicted octanol–water partition coefficient (Wildman–Crippen LogP) is -0.748. The number of carboxylic acid groups (broad SMARTS) is 1. The first kappa shape index (κ1) is 28.5. The van der Waals surface area contributed by atoms with Crippen molar-refractivity contribution < 1.29 is 29.4 Å². The van der Waals surface area contributed by atoms with Gasteiger partial charge in [0.25, 0.3) is 0 Å². The second-order valence-electron chi connectivity index (χ2n) is 7.84. The van der Waals surface area contributed by atoms with Gasteiger partial charge in [-0.25, -0.2) is 4.79 Å². The topological polar surface area (TPSA) is 187 Å². The number of carbonyl (C=O) groups excluding carboxylic acids is 3. The molecule has 0 aliphatic carbocycles. The lowest BCUT2D eigenvalue weighted by Gasteiger charge is -2.24. The van der Waals surface area contributed by atoms with Crippen LogP contribution in [-0.2, 0) is 25.6 Å². The van der Waals surface area contributed by atoms with Gasteiger partial charge >= 0.3 is 5.97 Å². The zero-order valence-corrected chi connectivity index (χ0v) is 20.9. The maximum atomic E-state index is 13.1. The molecule has 35 heavy (non-hydrogen) atoms. The molecule has 4 atom stereocenters. The van der Waals surface area contributed by atoms with E-state index in [-0.39, 0.29) is 18.6 Å². The Morgan fingerprint density at radius 3 is 2.31 bits per heavy atom. The third-order valence-electron chi connectivity index (χ3n) is 5.31. The molecule has 1 aromatic carbocycles. The van der Waals surface area contributed by atoms with Gasteiger partial charge in [0.15, 0.2) is 0 Å². The molecule has 2 aromatic rings. The Balaban J connectivity index is 2.19. The molecule has 0 aliphatic heterocycles. The van der Waals surface area contributed by atoms with E-state index in [2.05, 4.69) is 33.6 Å². The molecule has 8 N–H and O–H groups in total. The van der Waals surface area contributed by atoms with Crippen LogP contribution in [0.1, 0.15) is 12.0 Å². The van der Waals surface area contributed by atoms with Gasteiger partial charge in [0.05, 0.1) is 6.61 Å². The van der Waals surface area contributed by atoms with E-state index in [0.717, 1.165) is 16.5 Å². The summed E-state index contributed by atoms with van der Waals surface area (Å²) in [6, 6.07) is 2.81. The van der Waals surface area contributed by atoms with Crippen LogP contribution in [0.2, 0.25) is 0 Å². The fraction of sp³-hybridized carbons (Fsp3) is 0.455. The van der Waals surface area contributed by atoms with Crippen LogP contribution in [0.25, 0.3) is 10.9 Å². The van der Waals surface area contributed by atoms with Gasteiger partial charge in [-0.15, -0.1) is 0 Å². The van der Waals surface area contributed by atoms with Gasteiger partial charge in [-0.05, 0) is 30.1 Å². The number of rotatable bonds is 14. The minimum absolute atomic E-state index is 0.0755. The SMILES string of the molecule is CSCCC(NC(=O)C(CS)NC(=O)C(Cc1c[nH]c2ccccc12)NC(=O)C(N)CO)C(=O)O. The normalized spacial score (nSPS) is 14.5. The van der Waals surface area contributed by atoms with E-state index in [1.165, 1.54) is 11.8 Å². The van der Waals surface area contributed by atoms with Crippen LogP contribution in [0.3, 0.4) is 0 Å². The van der Waals surface area contributed by atoms with E-state index in [9.17, 15) is 29.4 Å². The van der Waals surface area contributed by atoms with E-state index in [1.54, 1.807) is 6.20 Å². The third-order valence-corrected chi connectivity index (χ3v) is 6.32. The number of aromatic nitrogens is 1. The minimum atomic E-state index is -1.23. The summed E-state index contributed by atoms with van der Waals surface area (Å²) >= 11 is 5.57. The highest BCUT2D eigenvalue weighted by atomic mass is 32.2. The van der Waals surface area contributed by atoms with Crippen LogP contribution in [0.5, 0.6) is 0 Å². The zero-order valence-electron chi connectivity index (χ0n) is 19.2. The predicted molar refractivity (Wildman–Crippen MR) is 137 cm³/mol. The lowest BCUT2D eigenvalue weighted by atomic mass is 10.0. The highest BCUT2D eigenvalue weighted by molar-refractivity contribution is 7.98. The Labute approximate surface area is 212 Å². The van der Waals surface area contributed by atoms with Gasteiger partial charge < -0.3 is 36.9 Å². The average molecular weight is 526 g/mol. The van der Waals surface area contributed by atoms with E-state index in [4.69, 9.17) is 5.73 Å². The van der Waals surface area contributed by atoms with E-state index < -0.39 is 54.5 Å². The van der Waals surface area contributed by atoms with Crippen LogP contribution in [0.15, 0.2) is 30.5 Å². The van der Waals surface area contributed by atoms with Crippen LogP contribution in [0.4, 0.5) is 0 Å². The van der Waals surface area contributed by atoms with Crippen LogP contribution in [0, 0.1) is 0 Å². The summed E-state index contributed by atoms with van der Waals surface area (Å²) < 4.78 is 0. The van der Waals surface area contributed by atoms with Gasteiger partial charge in [0.1, 0.15) is 24.2 Å². The molecule has 0 aliphatic rings. The Kier molecular flexibility index (Phi) is 11.4. The molecule has 13 heteroatoms. The van der Waals surface area contributed by atoms with Crippen LogP contribution >= 0.6 is 24.4 Å². The Morgan fingerprint density at radius 1 is 1.06 bits per heavy atom. The van der Waals surface area contributed by atoms with Crippen molar-refractivity contribution in [3.8, 4) is 0 Å². The second-order valence-corrected chi connectivity index (χ2v) is 9.19. The van der Waals surface area contributed by atoms with E-state index in [1.807, 2.05) is 30.5 Å². The summed E-state index contributed by atoms with van der Waals surface area (Å²) in [7, 11) is 0. The van der Waals surface area contributed by atoms with Crippen molar-refractivity contribution in [3.63, 3.8) is 0 Å². The number of para-hydroxylation sites is 1. The first-order valence-electron chi connectivity index (χ1n) is 10.9. The number of aliphatic hydroxyl groups is 1. The van der Waals surface area contributed by atoms with Gasteiger partial charge in [-0.3, -0.25) is 14.4 Å². The zero-order chi connectivity index (χ0) is 26.0. The molecule has 0 spiro atoms. The van der Waals surface area contributed by atoms with Gasteiger partial charge in [0, 0.05) is 29.3 Å². The number of aliphatic carboxylic acids is 1. The molecule has 3 amide bonds. The number of hydrogen-bond donors (Lipinski definition) is 8. The van der Waals surface area contributed by atoms with Crippen molar-refractivity contribution in [3.05, 3.63) is 36.0 Å². The molecule has 192 valence electrons. The number of benzene rings is 1. The van der Waals surface area contributed by atoms with Gasteiger partial charge in [-0.1, -0.05) is 18.2 Å². The molecule has 0 radical (unpaired) electrons. The summed E-state index contributed by atoms with van der Waals surface area (Å²) in [4.78, 5) is 52.7. The molecule has 0 saturated heterocycles. The molecule has 4 unspecified atom stereocenters. The smallest absolute Gasteiger partial charge is 0.326 e. The number of carbonyl (C=O) groups is 4. The number of fused-ring (bicyclic) bond motifs is 1. The van der Waals surface area contributed by atoms with Crippen molar-refractivity contribution in [2.24, 2.45) is 5.73 Å². The van der Waals surface area contributed by atoms with Crippen molar-refractivity contribution in [1.82, 2.24) is 20.9 Å². The van der Waals surface area contributed by atoms with Crippen molar-refractivity contribution in [2.45, 2.75) is 37.0 Å². The van der Waals surface area contributed by atoms with E-state index in [0.29, 0.717) is 5.75 Å². The third kappa shape index (κ3) is 8.16. The van der Waals surface area contributed by atoms with Crippen LogP contribution in [-0.4, -0.2) is 87.4 Å². The maximum Gasteiger partial charge on any atom is 0.326 e. The Hall–Kier alpha value is -2.74. The van der Waals surface area contributed by atoms with Crippen molar-refractivity contribution in [1.29, 1.82) is 0 Å². The lowest BCUT2D eigenvalue weighted by molar-refractivity contribution is -0.142. The van der Waals surface area contributed by atoms with Gasteiger partial charge in [-0.2, -0.15) is 24.4 Å². The van der Waals surface area contributed by atoms with E-state index >= 15 is 0 Å². The molecule has 2 rings (SSSR count). The molecule has 0 saturated carbocycles. The molecule has 0 bridgehead atoms. The first-order chi connectivity index (χ1) is 16.7. The minimum Gasteiger partial charge on any atom is -0.480 e. The molecule has 0 fully saturated rings. The standard InChI is InChI=1S/C22H31N5O6S2/c1-35-7-6-16(22(32)33)25-21(31)18(11-34)27-20(30)17(26-19(29)14(23)10-28)8-12-9-24-15-5-3-2-4-13(12)15/h2-5,9,14,16-18,24,28,34H,6-8,10-11,23H2,1H3,(H,25,31)(H,26,29)(H,27,30)(H,32,33). The number of thioether (sulfide) groups is 1.